The molecule has 11 nitrogen and oxygen atoms in total. The van der Waals surface area contributed by atoms with Gasteiger partial charge in [0.05, 0.1) is 29.8 Å². The molecule has 224 valence electrons. The van der Waals surface area contributed by atoms with Gasteiger partial charge >= 0.3 is 0 Å². The van der Waals surface area contributed by atoms with Crippen molar-refractivity contribution in [3.05, 3.63) is 72.4 Å². The van der Waals surface area contributed by atoms with Crippen molar-refractivity contribution in [3.63, 3.8) is 0 Å². The summed E-state index contributed by atoms with van der Waals surface area (Å²) >= 11 is 0. The largest absolute Gasteiger partial charge is 0.489 e. The standard InChI is InChI=1S/C31H29FN8O3S/c1-44(41,42)35-15-18-11-19(13-21(32)12-18)24-9-10-34-30-27(24)37-31(38-30)29-28-26(39-40-29)8-7-25(36-28)20-14-23(17-33-16-20)43-22-5-3-2-4-6-22/h7-14,16-17,22,35H,2-6,15H2,1H3,(H,39,40)(H,34,37,38). The Kier molecular flexibility index (Phi) is 7.26. The summed E-state index contributed by atoms with van der Waals surface area (Å²) in [5.41, 5.74) is 6.03. The van der Waals surface area contributed by atoms with E-state index < -0.39 is 15.8 Å². The number of H-pyrrole nitrogens is 2. The molecule has 0 amide bonds. The van der Waals surface area contributed by atoms with Crippen molar-refractivity contribution in [1.29, 1.82) is 0 Å². The lowest BCUT2D eigenvalue weighted by Crippen LogP contribution is -2.21. The summed E-state index contributed by atoms with van der Waals surface area (Å²) in [6.45, 7) is -0.0397. The fourth-order valence-electron chi connectivity index (χ4n) is 5.60. The Morgan fingerprint density at radius 2 is 1.86 bits per heavy atom. The van der Waals surface area contributed by atoms with E-state index in [2.05, 4.69) is 29.9 Å². The Labute approximate surface area is 252 Å². The summed E-state index contributed by atoms with van der Waals surface area (Å²) in [6.07, 6.45) is 12.1. The molecule has 7 rings (SSSR count). The van der Waals surface area contributed by atoms with E-state index in [1.807, 2.05) is 18.2 Å². The van der Waals surface area contributed by atoms with Crippen LogP contribution in [0.1, 0.15) is 37.7 Å². The molecule has 44 heavy (non-hydrogen) atoms. The first-order valence-corrected chi connectivity index (χ1v) is 16.2. The number of imidazole rings is 1. The van der Waals surface area contributed by atoms with Crippen LogP contribution in [0, 0.1) is 5.82 Å². The Bertz CT molecular complexity index is 2100. The van der Waals surface area contributed by atoms with Crippen molar-refractivity contribution in [2.75, 3.05) is 6.26 Å². The first-order valence-electron chi connectivity index (χ1n) is 14.4. The Morgan fingerprint density at radius 1 is 1.00 bits per heavy atom. The van der Waals surface area contributed by atoms with E-state index >= 15 is 0 Å². The van der Waals surface area contributed by atoms with Crippen LogP contribution in [-0.2, 0) is 16.6 Å². The molecular weight excluding hydrogens is 583 g/mol. The van der Waals surface area contributed by atoms with E-state index in [1.165, 1.54) is 31.4 Å². The molecule has 5 aromatic heterocycles. The van der Waals surface area contributed by atoms with E-state index in [4.69, 9.17) is 14.7 Å². The molecule has 1 fully saturated rings. The number of aromatic amines is 2. The van der Waals surface area contributed by atoms with Crippen molar-refractivity contribution in [2.45, 2.75) is 44.8 Å². The summed E-state index contributed by atoms with van der Waals surface area (Å²) in [5, 5.41) is 7.52. The normalized spacial score (nSPS) is 14.4. The predicted molar refractivity (Wildman–Crippen MR) is 165 cm³/mol. The lowest BCUT2D eigenvalue weighted by molar-refractivity contribution is 0.154. The fraction of sp³-hybridized carbons (Fsp3) is 0.258. The van der Waals surface area contributed by atoms with E-state index in [1.54, 1.807) is 30.7 Å². The fourth-order valence-corrected chi connectivity index (χ4v) is 6.03. The van der Waals surface area contributed by atoms with Gasteiger partial charge in [-0.1, -0.05) is 6.42 Å². The number of nitrogens with zero attached hydrogens (tertiary/aromatic N) is 5. The topological polar surface area (TPSA) is 151 Å². The van der Waals surface area contributed by atoms with Crippen molar-refractivity contribution >= 4 is 32.2 Å². The molecule has 0 bridgehead atoms. The van der Waals surface area contributed by atoms with Gasteiger partial charge in [0.15, 0.2) is 17.2 Å². The van der Waals surface area contributed by atoms with Crippen molar-refractivity contribution in [2.24, 2.45) is 0 Å². The smallest absolute Gasteiger partial charge is 0.209 e. The van der Waals surface area contributed by atoms with Crippen LogP contribution >= 0.6 is 0 Å². The van der Waals surface area contributed by atoms with Gasteiger partial charge in [-0.05, 0) is 79.3 Å². The highest BCUT2D eigenvalue weighted by atomic mass is 32.2. The predicted octanol–water partition coefficient (Wildman–Crippen LogP) is 5.53. The molecule has 0 spiro atoms. The van der Waals surface area contributed by atoms with Gasteiger partial charge in [-0.15, -0.1) is 0 Å². The van der Waals surface area contributed by atoms with Crippen LogP contribution in [0.5, 0.6) is 5.75 Å². The molecule has 0 radical (unpaired) electrons. The zero-order valence-electron chi connectivity index (χ0n) is 23.8. The maximum atomic E-state index is 14.6. The van der Waals surface area contributed by atoms with Gasteiger partial charge in [-0.25, -0.2) is 32.5 Å². The highest BCUT2D eigenvalue weighted by Crippen LogP contribution is 2.32. The van der Waals surface area contributed by atoms with E-state index in [0.717, 1.165) is 35.9 Å². The molecule has 1 aliphatic rings. The first kappa shape index (κ1) is 28.0. The number of fused-ring (bicyclic) bond motifs is 2. The quantitative estimate of drug-likeness (QED) is 0.203. The summed E-state index contributed by atoms with van der Waals surface area (Å²) in [6, 6.07) is 11.9. The third-order valence-corrected chi connectivity index (χ3v) is 8.36. The van der Waals surface area contributed by atoms with Crippen LogP contribution in [0.25, 0.3) is 56.1 Å². The van der Waals surface area contributed by atoms with Gasteiger partial charge in [0.25, 0.3) is 0 Å². The van der Waals surface area contributed by atoms with Gasteiger partial charge < -0.3 is 9.72 Å². The number of sulfonamides is 1. The molecule has 1 aliphatic carbocycles. The third kappa shape index (κ3) is 5.88. The van der Waals surface area contributed by atoms with Crippen LogP contribution in [-0.4, -0.2) is 55.9 Å². The number of hydrogen-bond donors (Lipinski definition) is 3. The molecule has 0 atom stereocenters. The lowest BCUT2D eigenvalue weighted by atomic mass is 9.98. The molecule has 0 saturated heterocycles. The molecule has 6 aromatic rings. The first-order chi connectivity index (χ1) is 21.3. The van der Waals surface area contributed by atoms with Crippen molar-refractivity contribution in [3.8, 4) is 39.7 Å². The molecule has 1 aromatic carbocycles. The zero-order chi connectivity index (χ0) is 30.3. The highest BCUT2D eigenvalue weighted by molar-refractivity contribution is 7.88. The molecule has 0 aliphatic heterocycles. The van der Waals surface area contributed by atoms with Gasteiger partial charge in [0.1, 0.15) is 22.6 Å². The Balaban J connectivity index is 1.23. The van der Waals surface area contributed by atoms with Crippen LogP contribution in [0.3, 0.4) is 0 Å². The number of pyridine rings is 3. The average Bonchev–Trinajstić information content (AvgIpc) is 3.64. The maximum absolute atomic E-state index is 14.6. The molecular formula is C31H29FN8O3S. The average molecular weight is 613 g/mol. The summed E-state index contributed by atoms with van der Waals surface area (Å²) < 4.78 is 46.4. The van der Waals surface area contributed by atoms with Gasteiger partial charge in [-0.2, -0.15) is 5.10 Å². The Hall–Kier alpha value is -4.75. The maximum Gasteiger partial charge on any atom is 0.209 e. The van der Waals surface area contributed by atoms with Gasteiger partial charge in [0, 0.05) is 30.1 Å². The second kappa shape index (κ2) is 11.4. The van der Waals surface area contributed by atoms with E-state index in [0.29, 0.717) is 50.6 Å². The van der Waals surface area contributed by atoms with Crippen molar-refractivity contribution in [1.82, 2.24) is 39.8 Å². The van der Waals surface area contributed by atoms with Crippen LogP contribution < -0.4 is 9.46 Å². The number of benzene rings is 1. The van der Waals surface area contributed by atoms with Crippen LogP contribution in [0.4, 0.5) is 4.39 Å². The summed E-state index contributed by atoms with van der Waals surface area (Å²) in [5.74, 6) is 0.678. The van der Waals surface area contributed by atoms with Gasteiger partial charge in [-0.3, -0.25) is 10.1 Å². The Morgan fingerprint density at radius 3 is 2.70 bits per heavy atom. The minimum Gasteiger partial charge on any atom is -0.489 e. The minimum atomic E-state index is -3.44. The zero-order valence-corrected chi connectivity index (χ0v) is 24.7. The monoisotopic (exact) mass is 612 g/mol. The second-order valence-electron chi connectivity index (χ2n) is 11.0. The number of halogens is 1. The van der Waals surface area contributed by atoms with E-state index in [9.17, 15) is 12.8 Å². The number of aromatic nitrogens is 7. The summed E-state index contributed by atoms with van der Waals surface area (Å²) in [4.78, 5) is 21.8. The molecule has 3 N–H and O–H groups in total. The molecule has 5 heterocycles. The van der Waals surface area contributed by atoms with Crippen LogP contribution in [0.15, 0.2) is 61.1 Å². The minimum absolute atomic E-state index is 0.0397. The second-order valence-corrected chi connectivity index (χ2v) is 12.9. The molecule has 1 saturated carbocycles. The SMILES string of the molecule is CS(=O)(=O)NCc1cc(F)cc(-c2ccnc3[nH]c(-c4n[nH]c5ccc(-c6cncc(OC7CCCCC7)c6)nc45)nc23)c1. The number of hydrogen-bond acceptors (Lipinski definition) is 8. The number of rotatable bonds is 8. The lowest BCUT2D eigenvalue weighted by Gasteiger charge is -2.22. The third-order valence-electron chi connectivity index (χ3n) is 7.69. The van der Waals surface area contributed by atoms with Crippen LogP contribution in [0.2, 0.25) is 0 Å². The van der Waals surface area contributed by atoms with E-state index in [-0.39, 0.29) is 12.6 Å². The molecule has 13 heteroatoms. The van der Waals surface area contributed by atoms with Gasteiger partial charge in [0.2, 0.25) is 10.0 Å². The summed E-state index contributed by atoms with van der Waals surface area (Å²) in [7, 11) is -3.44. The highest BCUT2D eigenvalue weighted by Gasteiger charge is 2.19. The number of ether oxygens (including phenoxy) is 1. The van der Waals surface area contributed by atoms with Crippen molar-refractivity contribution < 1.29 is 17.5 Å². The molecule has 0 unspecified atom stereocenters. The number of nitrogens with one attached hydrogen (secondary N) is 3.